The van der Waals surface area contributed by atoms with Crippen molar-refractivity contribution in [3.63, 3.8) is 0 Å². The van der Waals surface area contributed by atoms with Crippen molar-refractivity contribution in [1.29, 1.82) is 0 Å². The third-order valence-electron chi connectivity index (χ3n) is 5.66. The van der Waals surface area contributed by atoms with Gasteiger partial charge in [-0.15, -0.1) is 0 Å². The van der Waals surface area contributed by atoms with E-state index in [1.165, 1.54) is 0 Å². The molecule has 1 saturated heterocycles. The Morgan fingerprint density at radius 2 is 1.93 bits per heavy atom. The summed E-state index contributed by atoms with van der Waals surface area (Å²) in [6, 6.07) is 6.94. The van der Waals surface area contributed by atoms with Crippen LogP contribution >= 0.6 is 11.6 Å². The maximum absolute atomic E-state index is 12.5. The molecule has 2 heterocycles. The summed E-state index contributed by atoms with van der Waals surface area (Å²) < 4.78 is 0. The van der Waals surface area contributed by atoms with Crippen LogP contribution in [0.1, 0.15) is 53.5 Å². The minimum absolute atomic E-state index is 0.135. The van der Waals surface area contributed by atoms with Crippen molar-refractivity contribution in [2.45, 2.75) is 38.5 Å². The quantitative estimate of drug-likeness (QED) is 0.849. The lowest BCUT2D eigenvalue weighted by Crippen LogP contribution is -2.37. The predicted octanol–water partition coefficient (Wildman–Crippen LogP) is 3.81. The molecule has 1 aromatic carbocycles. The Bertz CT molecular complexity index is 896. The van der Waals surface area contributed by atoms with E-state index in [2.05, 4.69) is 15.3 Å². The normalized spacial score (nSPS) is 19.4. The summed E-state index contributed by atoms with van der Waals surface area (Å²) in [5.74, 6) is 1.10. The fraction of sp³-hybridized carbons (Fsp3) is 0.429. The summed E-state index contributed by atoms with van der Waals surface area (Å²) in [7, 11) is 0. The highest BCUT2D eigenvalue weighted by atomic mass is 35.5. The van der Waals surface area contributed by atoms with Gasteiger partial charge in [0.2, 0.25) is 5.91 Å². The third kappa shape index (κ3) is 3.87. The Hall–Kier alpha value is -2.47. The first-order valence-corrected chi connectivity index (χ1v) is 10.1. The molecule has 4 rings (SSSR count). The Balaban J connectivity index is 1.42. The van der Waals surface area contributed by atoms with Gasteiger partial charge in [-0.05, 0) is 50.5 Å². The topological polar surface area (TPSA) is 75.2 Å². The lowest BCUT2D eigenvalue weighted by Gasteiger charge is -2.29. The molecule has 2 amide bonds. The fourth-order valence-corrected chi connectivity index (χ4v) is 3.85. The van der Waals surface area contributed by atoms with E-state index in [0.29, 0.717) is 34.3 Å². The van der Waals surface area contributed by atoms with Gasteiger partial charge >= 0.3 is 0 Å². The molecule has 146 valence electrons. The number of aryl methyl sites for hydroxylation is 1. The monoisotopic (exact) mass is 398 g/mol. The Morgan fingerprint density at radius 3 is 2.57 bits per heavy atom. The van der Waals surface area contributed by atoms with Crippen molar-refractivity contribution >= 4 is 29.1 Å². The predicted molar refractivity (Wildman–Crippen MR) is 107 cm³/mol. The lowest BCUT2D eigenvalue weighted by molar-refractivity contribution is -0.137. The molecule has 1 aromatic heterocycles. The van der Waals surface area contributed by atoms with Gasteiger partial charge in [0.25, 0.3) is 5.91 Å². The molecule has 0 radical (unpaired) electrons. The average Bonchev–Trinajstić information content (AvgIpc) is 3.12. The van der Waals surface area contributed by atoms with Crippen LogP contribution in [0.5, 0.6) is 0 Å². The van der Waals surface area contributed by atoms with Gasteiger partial charge in [-0.1, -0.05) is 18.0 Å². The molecule has 2 aromatic rings. The number of aromatic nitrogens is 2. The van der Waals surface area contributed by atoms with E-state index < -0.39 is 0 Å². The first-order valence-electron chi connectivity index (χ1n) is 9.70. The molecule has 1 atom stereocenters. The zero-order chi connectivity index (χ0) is 19.7. The second-order valence-electron chi connectivity index (χ2n) is 7.59. The molecule has 2 aliphatic rings. The molecule has 0 unspecified atom stereocenters. The summed E-state index contributed by atoms with van der Waals surface area (Å²) in [5, 5.41) is 3.45. The van der Waals surface area contributed by atoms with E-state index >= 15 is 0 Å². The average molecular weight is 399 g/mol. The van der Waals surface area contributed by atoms with E-state index in [1.54, 1.807) is 30.5 Å². The number of halogens is 1. The highest BCUT2D eigenvalue weighted by molar-refractivity contribution is 6.30. The van der Waals surface area contributed by atoms with Gasteiger partial charge in [-0.3, -0.25) is 9.59 Å². The van der Waals surface area contributed by atoms with Gasteiger partial charge in [-0.25, -0.2) is 9.97 Å². The number of rotatable bonds is 4. The molecular weight excluding hydrogens is 376 g/mol. The molecular formula is C21H23ClN4O2. The number of nitrogens with one attached hydrogen (secondary N) is 1. The van der Waals surface area contributed by atoms with Gasteiger partial charge in [0.15, 0.2) is 0 Å². The molecule has 1 aliphatic carbocycles. The Kier molecular flexibility index (Phi) is 5.31. The summed E-state index contributed by atoms with van der Waals surface area (Å²) in [5.41, 5.74) is 1.75. The van der Waals surface area contributed by atoms with Gasteiger partial charge < -0.3 is 10.2 Å². The Labute approximate surface area is 169 Å². The van der Waals surface area contributed by atoms with Crippen LogP contribution in [0, 0.1) is 12.8 Å². The van der Waals surface area contributed by atoms with Crippen molar-refractivity contribution in [2.24, 2.45) is 5.92 Å². The van der Waals surface area contributed by atoms with Gasteiger partial charge in [0.1, 0.15) is 5.82 Å². The first kappa shape index (κ1) is 18.9. The van der Waals surface area contributed by atoms with Crippen molar-refractivity contribution < 1.29 is 9.59 Å². The van der Waals surface area contributed by atoms with Crippen LogP contribution in [-0.4, -0.2) is 39.8 Å². The molecule has 1 saturated carbocycles. The lowest BCUT2D eigenvalue weighted by atomic mass is 9.84. The number of hydrogen-bond acceptors (Lipinski definition) is 4. The van der Waals surface area contributed by atoms with Crippen LogP contribution in [0.4, 0.5) is 5.69 Å². The maximum atomic E-state index is 12.5. The van der Waals surface area contributed by atoms with E-state index in [9.17, 15) is 9.59 Å². The zero-order valence-corrected chi connectivity index (χ0v) is 16.6. The molecule has 2 fully saturated rings. The van der Waals surface area contributed by atoms with E-state index in [0.717, 1.165) is 32.2 Å². The number of hydrogen-bond donors (Lipinski definition) is 1. The number of carbonyl (C=O) groups is 2. The second-order valence-corrected chi connectivity index (χ2v) is 8.02. The molecule has 0 bridgehead atoms. The fourth-order valence-electron chi connectivity index (χ4n) is 3.72. The minimum Gasteiger partial charge on any atom is -0.342 e. The van der Waals surface area contributed by atoms with Gasteiger partial charge in [-0.2, -0.15) is 0 Å². The first-order chi connectivity index (χ1) is 13.5. The summed E-state index contributed by atoms with van der Waals surface area (Å²) in [6.45, 7) is 3.25. The van der Waals surface area contributed by atoms with Crippen LogP contribution < -0.4 is 5.32 Å². The largest absolute Gasteiger partial charge is 0.342 e. The molecule has 0 spiro atoms. The van der Waals surface area contributed by atoms with Crippen molar-refractivity contribution in [1.82, 2.24) is 14.9 Å². The van der Waals surface area contributed by atoms with Crippen LogP contribution in [0.2, 0.25) is 5.02 Å². The SMILES string of the molecule is Cc1nc([C@@H]2CCN(C(=O)C3CCC3)C2)ncc1C(=O)Nc1ccc(Cl)cc1. The number of benzene rings is 1. The number of anilines is 1. The van der Waals surface area contributed by atoms with E-state index in [-0.39, 0.29) is 23.7 Å². The van der Waals surface area contributed by atoms with E-state index in [1.807, 2.05) is 11.8 Å². The Morgan fingerprint density at radius 1 is 1.18 bits per heavy atom. The van der Waals surface area contributed by atoms with Gasteiger partial charge in [0.05, 0.1) is 11.3 Å². The summed E-state index contributed by atoms with van der Waals surface area (Å²) in [4.78, 5) is 35.9. The maximum Gasteiger partial charge on any atom is 0.259 e. The highest BCUT2D eigenvalue weighted by Crippen LogP contribution is 2.32. The standard InChI is InChI=1S/C21H23ClN4O2/c1-13-18(20(27)25-17-7-5-16(22)6-8-17)11-23-19(24-13)15-9-10-26(12-15)21(28)14-3-2-4-14/h5-8,11,14-15H,2-4,9-10,12H2,1H3,(H,25,27)/t15-/m1/s1. The van der Waals surface area contributed by atoms with Crippen molar-refractivity contribution in [2.75, 3.05) is 18.4 Å². The third-order valence-corrected chi connectivity index (χ3v) is 5.92. The molecule has 6 nitrogen and oxygen atoms in total. The summed E-state index contributed by atoms with van der Waals surface area (Å²) >= 11 is 5.87. The smallest absolute Gasteiger partial charge is 0.259 e. The zero-order valence-electron chi connectivity index (χ0n) is 15.8. The van der Waals surface area contributed by atoms with Gasteiger partial charge in [0, 0.05) is 41.8 Å². The van der Waals surface area contributed by atoms with Crippen LogP contribution in [0.15, 0.2) is 30.5 Å². The molecule has 1 N–H and O–H groups in total. The van der Waals surface area contributed by atoms with Crippen molar-refractivity contribution in [3.8, 4) is 0 Å². The van der Waals surface area contributed by atoms with Crippen LogP contribution in [-0.2, 0) is 4.79 Å². The molecule has 7 heteroatoms. The highest BCUT2D eigenvalue weighted by Gasteiger charge is 2.35. The minimum atomic E-state index is -0.250. The van der Waals surface area contributed by atoms with Crippen LogP contribution in [0.25, 0.3) is 0 Å². The molecule has 28 heavy (non-hydrogen) atoms. The number of carbonyl (C=O) groups excluding carboxylic acids is 2. The van der Waals surface area contributed by atoms with Crippen molar-refractivity contribution in [3.05, 3.63) is 52.6 Å². The number of likely N-dealkylation sites (tertiary alicyclic amines) is 1. The van der Waals surface area contributed by atoms with Crippen LogP contribution in [0.3, 0.4) is 0 Å². The summed E-state index contributed by atoms with van der Waals surface area (Å²) in [6.07, 6.45) is 5.66. The number of nitrogens with zero attached hydrogens (tertiary/aromatic N) is 3. The second kappa shape index (κ2) is 7.87. The van der Waals surface area contributed by atoms with E-state index in [4.69, 9.17) is 11.6 Å². The number of amides is 2. The molecule has 1 aliphatic heterocycles.